The Hall–Kier alpha value is -3.21. The molecule has 10 heteroatoms. The molecule has 0 atom stereocenters. The topological polar surface area (TPSA) is 108 Å². The molecule has 0 saturated carbocycles. The van der Waals surface area contributed by atoms with Crippen LogP contribution in [0.5, 0.6) is 0 Å². The number of para-hydroxylation sites is 1. The zero-order valence-corrected chi connectivity index (χ0v) is 18.4. The van der Waals surface area contributed by atoms with E-state index in [0.717, 1.165) is 16.9 Å². The lowest BCUT2D eigenvalue weighted by molar-refractivity contribution is -0.122. The van der Waals surface area contributed by atoms with Crippen molar-refractivity contribution < 1.29 is 18.0 Å². The molecule has 8 nitrogen and oxygen atoms in total. The van der Waals surface area contributed by atoms with Gasteiger partial charge in [-0.3, -0.25) is 30.1 Å². The minimum atomic E-state index is -3.81. The van der Waals surface area contributed by atoms with Gasteiger partial charge >= 0.3 is 0 Å². The Labute approximate surface area is 184 Å². The van der Waals surface area contributed by atoms with Gasteiger partial charge in [0, 0.05) is 6.54 Å². The maximum Gasteiger partial charge on any atom is 0.271 e. The summed E-state index contributed by atoms with van der Waals surface area (Å²) in [5.41, 5.74) is 5.95. The van der Waals surface area contributed by atoms with Crippen LogP contribution in [0.3, 0.4) is 0 Å². The Kier molecular flexibility index (Phi) is 7.40. The largest absolute Gasteiger partial charge is 0.293 e. The van der Waals surface area contributed by atoms with Gasteiger partial charge in [0.15, 0.2) is 0 Å². The predicted octanol–water partition coefficient (Wildman–Crippen LogP) is 2.44. The van der Waals surface area contributed by atoms with Gasteiger partial charge in [-0.1, -0.05) is 48.5 Å². The Morgan fingerprint density at radius 3 is 2.35 bits per heavy atom. The van der Waals surface area contributed by atoms with E-state index in [1.807, 2.05) is 30.3 Å². The molecule has 0 aliphatic heterocycles. The summed E-state index contributed by atoms with van der Waals surface area (Å²) in [7, 11) is -2.01. The zero-order valence-electron chi connectivity index (χ0n) is 16.7. The molecule has 0 radical (unpaired) electrons. The third-order valence-corrected chi connectivity index (χ3v) is 6.96. The van der Waals surface area contributed by atoms with Crippen LogP contribution in [0.4, 0.5) is 5.69 Å². The van der Waals surface area contributed by atoms with Gasteiger partial charge in [-0.15, -0.1) is 11.3 Å². The van der Waals surface area contributed by atoms with Crippen LogP contribution in [0.2, 0.25) is 0 Å². The van der Waals surface area contributed by atoms with E-state index in [9.17, 15) is 18.0 Å². The fourth-order valence-corrected chi connectivity index (χ4v) is 4.88. The number of nitrogens with one attached hydrogen (secondary N) is 3. The van der Waals surface area contributed by atoms with Crippen molar-refractivity contribution in [1.29, 1.82) is 0 Å². The highest BCUT2D eigenvalue weighted by Crippen LogP contribution is 2.22. The van der Waals surface area contributed by atoms with Crippen LogP contribution in [0, 0.1) is 0 Å². The third kappa shape index (κ3) is 6.38. The Bertz CT molecular complexity index is 1130. The average molecular weight is 459 g/mol. The Morgan fingerprint density at radius 1 is 0.935 bits per heavy atom. The molecule has 0 unspecified atom stereocenters. The van der Waals surface area contributed by atoms with Gasteiger partial charge in [0.25, 0.3) is 21.8 Å². The Morgan fingerprint density at radius 2 is 1.65 bits per heavy atom. The number of anilines is 1. The van der Waals surface area contributed by atoms with Crippen molar-refractivity contribution >= 4 is 38.9 Å². The van der Waals surface area contributed by atoms with Crippen LogP contribution in [0.1, 0.15) is 15.9 Å². The molecule has 2 amide bonds. The summed E-state index contributed by atoms with van der Waals surface area (Å²) in [6.07, 6.45) is 0. The zero-order chi connectivity index (χ0) is 22.3. The highest BCUT2D eigenvalue weighted by atomic mass is 32.2. The lowest BCUT2D eigenvalue weighted by Crippen LogP contribution is -2.45. The summed E-state index contributed by atoms with van der Waals surface area (Å²) >= 11 is 1.07. The molecule has 0 saturated heterocycles. The molecule has 3 N–H and O–H groups in total. The van der Waals surface area contributed by atoms with Crippen molar-refractivity contribution in [1.82, 2.24) is 15.8 Å². The molecule has 3 rings (SSSR count). The number of rotatable bonds is 8. The van der Waals surface area contributed by atoms with Gasteiger partial charge in [-0.05, 0) is 36.2 Å². The van der Waals surface area contributed by atoms with Crippen molar-refractivity contribution in [2.45, 2.75) is 10.8 Å². The van der Waals surface area contributed by atoms with Crippen LogP contribution >= 0.6 is 11.3 Å². The van der Waals surface area contributed by atoms with Crippen LogP contribution in [-0.4, -0.2) is 38.7 Å². The first kappa shape index (κ1) is 22.5. The second kappa shape index (κ2) is 10.2. The molecule has 1 heterocycles. The number of benzene rings is 2. The van der Waals surface area contributed by atoms with Gasteiger partial charge < -0.3 is 0 Å². The first-order chi connectivity index (χ1) is 14.8. The number of carbonyl (C=O) groups excluding carboxylic acids is 2. The molecule has 0 spiro atoms. The van der Waals surface area contributed by atoms with Crippen LogP contribution in [0.25, 0.3) is 0 Å². The van der Waals surface area contributed by atoms with E-state index in [-0.39, 0.29) is 22.0 Å². The van der Waals surface area contributed by atoms with Gasteiger partial charge in [-0.2, -0.15) is 0 Å². The summed E-state index contributed by atoms with van der Waals surface area (Å²) in [5.74, 6) is -1.04. The molecule has 2 aromatic carbocycles. The summed E-state index contributed by atoms with van der Waals surface area (Å²) < 4.78 is 27.5. The second-order valence-electron chi connectivity index (χ2n) is 6.74. The molecular formula is C21H22N4O4S2. The fraction of sp³-hybridized carbons (Fsp3) is 0.143. The van der Waals surface area contributed by atoms with Gasteiger partial charge in [-0.25, -0.2) is 8.42 Å². The summed E-state index contributed by atoms with van der Waals surface area (Å²) in [6.45, 7) is 0.650. The molecule has 31 heavy (non-hydrogen) atoms. The van der Waals surface area contributed by atoms with E-state index in [4.69, 9.17) is 0 Å². The molecule has 3 aromatic rings. The number of thiophene rings is 1. The number of sulfonamides is 1. The Balaban J connectivity index is 1.58. The number of amides is 2. The second-order valence-corrected chi connectivity index (χ2v) is 9.60. The number of hydrazine groups is 1. The monoisotopic (exact) mass is 458 g/mol. The normalized spacial score (nSPS) is 11.2. The number of hydrogen-bond acceptors (Lipinski definition) is 6. The molecule has 0 bridgehead atoms. The first-order valence-electron chi connectivity index (χ1n) is 9.32. The van der Waals surface area contributed by atoms with E-state index >= 15 is 0 Å². The number of hydrogen-bond donors (Lipinski definition) is 3. The van der Waals surface area contributed by atoms with Crippen molar-refractivity contribution in [3.63, 3.8) is 0 Å². The van der Waals surface area contributed by atoms with Gasteiger partial charge in [0.05, 0.1) is 17.8 Å². The maximum atomic E-state index is 12.5. The molecule has 0 aliphatic carbocycles. The van der Waals surface area contributed by atoms with Crippen molar-refractivity contribution in [2.75, 3.05) is 18.3 Å². The first-order valence-corrected chi connectivity index (χ1v) is 11.7. The summed E-state index contributed by atoms with van der Waals surface area (Å²) in [6, 6.07) is 19.0. The highest BCUT2D eigenvalue weighted by Gasteiger charge is 2.19. The van der Waals surface area contributed by atoms with E-state index in [1.54, 1.807) is 35.5 Å². The number of carbonyl (C=O) groups is 2. The van der Waals surface area contributed by atoms with Crippen LogP contribution in [-0.2, 0) is 21.4 Å². The summed E-state index contributed by atoms with van der Waals surface area (Å²) in [4.78, 5) is 26.5. The van der Waals surface area contributed by atoms with Crippen molar-refractivity contribution in [3.8, 4) is 0 Å². The molecule has 162 valence electrons. The number of nitrogens with zero attached hydrogens (tertiary/aromatic N) is 1. The average Bonchev–Trinajstić information content (AvgIpc) is 3.29. The van der Waals surface area contributed by atoms with E-state index < -0.39 is 21.8 Å². The smallest absolute Gasteiger partial charge is 0.271 e. The van der Waals surface area contributed by atoms with E-state index in [2.05, 4.69) is 15.6 Å². The van der Waals surface area contributed by atoms with Crippen molar-refractivity contribution in [3.05, 3.63) is 83.2 Å². The molecule has 1 aromatic heterocycles. The SMILES string of the molecule is CN(CC(=O)NNC(=O)c1ccccc1NS(=O)(=O)c1cccs1)Cc1ccccc1. The fourth-order valence-electron chi connectivity index (χ4n) is 2.81. The molecule has 0 aliphatic rings. The van der Waals surface area contributed by atoms with Gasteiger partial charge in [0.2, 0.25) is 0 Å². The summed E-state index contributed by atoms with van der Waals surface area (Å²) in [5, 5.41) is 1.65. The van der Waals surface area contributed by atoms with Crippen molar-refractivity contribution in [2.24, 2.45) is 0 Å². The van der Waals surface area contributed by atoms with E-state index in [1.165, 1.54) is 18.2 Å². The standard InChI is InChI=1S/C21H22N4O4S2/c1-25(14-16-8-3-2-4-9-16)15-19(26)22-23-21(27)17-10-5-6-11-18(17)24-31(28,29)20-12-7-13-30-20/h2-13,24H,14-15H2,1H3,(H,22,26)(H,23,27). The minimum Gasteiger partial charge on any atom is -0.293 e. The molecule has 0 fully saturated rings. The lowest BCUT2D eigenvalue weighted by atomic mass is 10.2. The quantitative estimate of drug-likeness (QED) is 0.450. The predicted molar refractivity (Wildman–Crippen MR) is 120 cm³/mol. The minimum absolute atomic E-state index is 0.0713. The highest BCUT2D eigenvalue weighted by molar-refractivity contribution is 7.94. The van der Waals surface area contributed by atoms with Gasteiger partial charge in [0.1, 0.15) is 4.21 Å². The number of likely N-dealkylation sites (N-methyl/N-ethyl adjacent to an activating group) is 1. The van der Waals surface area contributed by atoms with Crippen LogP contribution in [0.15, 0.2) is 76.3 Å². The third-order valence-electron chi connectivity index (χ3n) is 4.20. The van der Waals surface area contributed by atoms with Crippen LogP contribution < -0.4 is 15.6 Å². The van der Waals surface area contributed by atoms with E-state index in [0.29, 0.717) is 6.54 Å². The molecular weight excluding hydrogens is 436 g/mol. The maximum absolute atomic E-state index is 12.5. The lowest BCUT2D eigenvalue weighted by Gasteiger charge is -2.17.